The van der Waals surface area contributed by atoms with Crippen molar-refractivity contribution < 1.29 is 24.2 Å². The SMILES string of the molecule is CCCC(OC(=O)NC(=O)CCl)=C(C)C(=O)O. The van der Waals surface area contributed by atoms with Gasteiger partial charge in [-0.2, -0.15) is 0 Å². The van der Waals surface area contributed by atoms with Crippen LogP contribution in [0.1, 0.15) is 26.7 Å². The van der Waals surface area contributed by atoms with Crippen LogP contribution in [0.2, 0.25) is 0 Å². The first-order chi connectivity index (χ1) is 7.92. The summed E-state index contributed by atoms with van der Waals surface area (Å²) in [5, 5.41) is 10.6. The number of rotatable bonds is 5. The van der Waals surface area contributed by atoms with Crippen molar-refractivity contribution in [3.8, 4) is 0 Å². The summed E-state index contributed by atoms with van der Waals surface area (Å²) < 4.78 is 4.76. The van der Waals surface area contributed by atoms with Crippen LogP contribution < -0.4 is 5.32 Å². The topological polar surface area (TPSA) is 92.7 Å². The van der Waals surface area contributed by atoms with E-state index >= 15 is 0 Å². The van der Waals surface area contributed by atoms with Gasteiger partial charge in [0.25, 0.3) is 0 Å². The summed E-state index contributed by atoms with van der Waals surface area (Å²) in [5.74, 6) is -2.23. The molecule has 0 spiro atoms. The molecule has 0 atom stereocenters. The molecule has 2 amide bonds. The predicted molar refractivity (Wildman–Crippen MR) is 60.6 cm³/mol. The number of hydrogen-bond acceptors (Lipinski definition) is 4. The van der Waals surface area contributed by atoms with Crippen molar-refractivity contribution in [1.29, 1.82) is 0 Å². The van der Waals surface area contributed by atoms with Gasteiger partial charge in [-0.25, -0.2) is 9.59 Å². The van der Waals surface area contributed by atoms with Crippen LogP contribution in [0.15, 0.2) is 11.3 Å². The number of alkyl carbamates (subject to hydrolysis) is 1. The maximum atomic E-state index is 11.2. The lowest BCUT2D eigenvalue weighted by Gasteiger charge is -2.09. The number of carbonyl (C=O) groups is 3. The minimum Gasteiger partial charge on any atom is -0.478 e. The molecule has 0 aromatic rings. The summed E-state index contributed by atoms with van der Waals surface area (Å²) in [4.78, 5) is 32.7. The smallest absolute Gasteiger partial charge is 0.419 e. The van der Waals surface area contributed by atoms with E-state index in [4.69, 9.17) is 21.4 Å². The monoisotopic (exact) mass is 263 g/mol. The van der Waals surface area contributed by atoms with Crippen LogP contribution in [0.5, 0.6) is 0 Å². The summed E-state index contributed by atoms with van der Waals surface area (Å²) in [6, 6.07) is 0. The molecule has 0 saturated carbocycles. The lowest BCUT2D eigenvalue weighted by Crippen LogP contribution is -2.32. The molecule has 0 saturated heterocycles. The van der Waals surface area contributed by atoms with Crippen molar-refractivity contribution in [1.82, 2.24) is 5.32 Å². The highest BCUT2D eigenvalue weighted by molar-refractivity contribution is 6.28. The summed E-state index contributed by atoms with van der Waals surface area (Å²) >= 11 is 5.18. The Morgan fingerprint density at radius 1 is 1.35 bits per heavy atom. The Balaban J connectivity index is 4.67. The average Bonchev–Trinajstić information content (AvgIpc) is 2.27. The molecule has 0 radical (unpaired) electrons. The second kappa shape index (κ2) is 7.67. The van der Waals surface area contributed by atoms with Crippen molar-refractivity contribution in [2.24, 2.45) is 0 Å². The molecule has 0 aliphatic rings. The molecule has 0 rings (SSSR count). The zero-order valence-corrected chi connectivity index (χ0v) is 10.3. The first-order valence-electron chi connectivity index (χ1n) is 4.93. The Hall–Kier alpha value is -1.56. The number of carboxylic acid groups (broad SMARTS) is 1. The molecular formula is C10H14ClNO5. The zero-order valence-electron chi connectivity index (χ0n) is 9.58. The Labute approximate surface area is 104 Å². The minimum absolute atomic E-state index is 0.0277. The van der Waals surface area contributed by atoms with Gasteiger partial charge in [-0.15, -0.1) is 11.6 Å². The number of allylic oxidation sites excluding steroid dienone is 1. The van der Waals surface area contributed by atoms with E-state index in [1.165, 1.54) is 6.92 Å². The maximum Gasteiger partial charge on any atom is 0.419 e. The van der Waals surface area contributed by atoms with Gasteiger partial charge in [0.05, 0.1) is 5.57 Å². The first-order valence-corrected chi connectivity index (χ1v) is 5.46. The number of nitrogens with one attached hydrogen (secondary N) is 1. The molecule has 17 heavy (non-hydrogen) atoms. The number of carbonyl (C=O) groups excluding carboxylic acids is 2. The Bertz CT molecular complexity index is 351. The van der Waals surface area contributed by atoms with E-state index in [0.29, 0.717) is 12.8 Å². The number of imide groups is 1. The fourth-order valence-electron chi connectivity index (χ4n) is 0.946. The number of ether oxygens (including phenoxy) is 1. The van der Waals surface area contributed by atoms with E-state index in [0.717, 1.165) is 0 Å². The molecule has 2 N–H and O–H groups in total. The van der Waals surface area contributed by atoms with Crippen LogP contribution in [0.25, 0.3) is 0 Å². The molecule has 0 heterocycles. The molecule has 0 aliphatic carbocycles. The van der Waals surface area contributed by atoms with Crippen LogP contribution >= 0.6 is 11.6 Å². The number of amides is 2. The molecule has 0 aromatic heterocycles. The summed E-state index contributed by atoms with van der Waals surface area (Å²) in [6.07, 6.45) is -0.128. The fraction of sp³-hybridized carbons (Fsp3) is 0.500. The number of carboxylic acids is 1. The van der Waals surface area contributed by atoms with Gasteiger partial charge in [0, 0.05) is 6.42 Å². The highest BCUT2D eigenvalue weighted by Gasteiger charge is 2.15. The molecule has 6 nitrogen and oxygen atoms in total. The quantitative estimate of drug-likeness (QED) is 0.447. The Kier molecular flexibility index (Phi) is 6.97. The van der Waals surface area contributed by atoms with Gasteiger partial charge in [-0.3, -0.25) is 10.1 Å². The molecule has 0 aromatic carbocycles. The van der Waals surface area contributed by atoms with Crippen LogP contribution in [-0.4, -0.2) is 29.0 Å². The molecule has 96 valence electrons. The third-order valence-corrected chi connectivity index (χ3v) is 2.04. The molecule has 0 aliphatic heterocycles. The van der Waals surface area contributed by atoms with Crippen LogP contribution in [0.3, 0.4) is 0 Å². The van der Waals surface area contributed by atoms with E-state index < -0.39 is 18.0 Å². The van der Waals surface area contributed by atoms with E-state index in [1.807, 2.05) is 5.32 Å². The van der Waals surface area contributed by atoms with Crippen LogP contribution in [0, 0.1) is 0 Å². The van der Waals surface area contributed by atoms with Crippen molar-refractivity contribution in [2.45, 2.75) is 26.7 Å². The van der Waals surface area contributed by atoms with Crippen LogP contribution in [-0.2, 0) is 14.3 Å². The lowest BCUT2D eigenvalue weighted by molar-refractivity contribution is -0.132. The third kappa shape index (κ3) is 5.91. The molecule has 0 bridgehead atoms. The normalized spacial score (nSPS) is 11.5. The molecule has 0 unspecified atom stereocenters. The molecule has 0 fully saturated rings. The molecule has 7 heteroatoms. The van der Waals surface area contributed by atoms with E-state index in [-0.39, 0.29) is 17.2 Å². The van der Waals surface area contributed by atoms with Crippen molar-refractivity contribution in [3.05, 3.63) is 11.3 Å². The minimum atomic E-state index is -1.18. The van der Waals surface area contributed by atoms with Crippen molar-refractivity contribution >= 4 is 29.6 Å². The number of aliphatic carboxylic acids is 1. The van der Waals surface area contributed by atoms with E-state index in [2.05, 4.69) is 0 Å². The second-order valence-corrected chi connectivity index (χ2v) is 3.44. The lowest BCUT2D eigenvalue weighted by atomic mass is 10.2. The highest BCUT2D eigenvalue weighted by Crippen LogP contribution is 2.13. The summed E-state index contributed by atoms with van der Waals surface area (Å²) in [6.45, 7) is 3.13. The van der Waals surface area contributed by atoms with Gasteiger partial charge in [0.1, 0.15) is 11.6 Å². The largest absolute Gasteiger partial charge is 0.478 e. The van der Waals surface area contributed by atoms with E-state index in [1.54, 1.807) is 6.92 Å². The zero-order chi connectivity index (χ0) is 13.4. The van der Waals surface area contributed by atoms with Gasteiger partial charge in [-0.1, -0.05) is 6.92 Å². The number of alkyl halides is 1. The van der Waals surface area contributed by atoms with Gasteiger partial charge in [-0.05, 0) is 13.3 Å². The maximum absolute atomic E-state index is 11.2. The van der Waals surface area contributed by atoms with E-state index in [9.17, 15) is 14.4 Å². The average molecular weight is 264 g/mol. The van der Waals surface area contributed by atoms with Gasteiger partial charge in [0.2, 0.25) is 5.91 Å². The Morgan fingerprint density at radius 2 is 1.94 bits per heavy atom. The van der Waals surface area contributed by atoms with Crippen LogP contribution in [0.4, 0.5) is 4.79 Å². The molecular weight excluding hydrogens is 250 g/mol. The van der Waals surface area contributed by atoms with Gasteiger partial charge in [0.15, 0.2) is 0 Å². The van der Waals surface area contributed by atoms with Gasteiger partial charge < -0.3 is 9.84 Å². The Morgan fingerprint density at radius 3 is 2.35 bits per heavy atom. The number of halogens is 1. The summed E-state index contributed by atoms with van der Waals surface area (Å²) in [7, 11) is 0. The highest BCUT2D eigenvalue weighted by atomic mass is 35.5. The standard InChI is InChI=1S/C10H14ClNO5/c1-3-4-7(6(2)9(14)15)17-10(16)12-8(13)5-11/h3-5H2,1-2H3,(H,14,15)(H,12,13,16). The van der Waals surface area contributed by atoms with Crippen molar-refractivity contribution in [2.75, 3.05) is 5.88 Å². The summed E-state index contributed by atoms with van der Waals surface area (Å²) in [5.41, 5.74) is -0.0691. The fourth-order valence-corrected chi connectivity index (χ4v) is 1.01. The van der Waals surface area contributed by atoms with Gasteiger partial charge >= 0.3 is 12.1 Å². The first kappa shape index (κ1) is 15.4. The number of hydrogen-bond donors (Lipinski definition) is 2. The van der Waals surface area contributed by atoms with Crippen molar-refractivity contribution in [3.63, 3.8) is 0 Å². The second-order valence-electron chi connectivity index (χ2n) is 3.17. The predicted octanol–water partition coefficient (Wildman–Crippen LogP) is 1.64. The third-order valence-electron chi connectivity index (χ3n) is 1.79.